The maximum atomic E-state index is 12.6. The molecule has 6 aromatic rings. The Kier molecular flexibility index (Phi) is 6.49. The Morgan fingerprint density at radius 3 is 1.36 bits per heavy atom. The molecule has 0 spiro atoms. The van der Waals surface area contributed by atoms with E-state index < -0.39 is 30.0 Å². The minimum Gasteiger partial charge on any atom is -0.453 e. The summed E-state index contributed by atoms with van der Waals surface area (Å²) in [5.74, 6) is 0.0974. The van der Waals surface area contributed by atoms with Crippen LogP contribution in [0.5, 0.6) is 23.0 Å². The Labute approximate surface area is 257 Å². The second-order valence-electron chi connectivity index (χ2n) is 10.7. The monoisotopic (exact) mass is 640 g/mol. The summed E-state index contributed by atoms with van der Waals surface area (Å²) in [7, 11) is -9.66. The van der Waals surface area contributed by atoms with E-state index in [9.17, 15) is 25.9 Å². The average Bonchev–Trinajstić information content (AvgIpc) is 3.34. The fourth-order valence-electron chi connectivity index (χ4n) is 5.73. The van der Waals surface area contributed by atoms with E-state index in [2.05, 4.69) is 0 Å². The molecule has 1 aliphatic carbocycles. The molecule has 6 aromatic carbocycles. The molecule has 12 heteroatoms. The SMILES string of the molecule is Nc1ccc2ccccc2c1Oc1cc2c(cc1S(=O)(=O)O)-c1cc(S(=O)(=O)O)c(Oc3c(N)ccc4ccccc34)cc1C2. The minimum atomic E-state index is -4.83. The van der Waals surface area contributed by atoms with Crippen LogP contribution in [0.4, 0.5) is 11.4 Å². The first-order valence-electron chi connectivity index (χ1n) is 13.6. The highest BCUT2D eigenvalue weighted by molar-refractivity contribution is 7.86. The number of nitrogen functional groups attached to an aromatic ring is 2. The maximum Gasteiger partial charge on any atom is 0.298 e. The van der Waals surface area contributed by atoms with Gasteiger partial charge in [-0.05, 0) is 75.8 Å². The van der Waals surface area contributed by atoms with Crippen molar-refractivity contribution in [3.63, 3.8) is 0 Å². The normalized spacial score (nSPS) is 12.7. The van der Waals surface area contributed by atoms with Crippen LogP contribution in [-0.2, 0) is 26.7 Å². The first-order valence-corrected chi connectivity index (χ1v) is 16.5. The van der Waals surface area contributed by atoms with Crippen molar-refractivity contribution in [1.82, 2.24) is 0 Å². The molecule has 0 aliphatic heterocycles. The van der Waals surface area contributed by atoms with Crippen LogP contribution in [0, 0.1) is 0 Å². The van der Waals surface area contributed by atoms with Crippen LogP contribution < -0.4 is 20.9 Å². The van der Waals surface area contributed by atoms with E-state index in [1.54, 1.807) is 48.5 Å². The molecule has 6 N–H and O–H groups in total. The molecule has 0 unspecified atom stereocenters. The van der Waals surface area contributed by atoms with E-state index in [1.807, 2.05) is 24.3 Å². The van der Waals surface area contributed by atoms with Gasteiger partial charge in [-0.15, -0.1) is 0 Å². The van der Waals surface area contributed by atoms with Gasteiger partial charge < -0.3 is 20.9 Å². The van der Waals surface area contributed by atoms with E-state index in [0.717, 1.165) is 10.8 Å². The smallest absolute Gasteiger partial charge is 0.298 e. The van der Waals surface area contributed by atoms with Gasteiger partial charge in [0.05, 0.1) is 11.4 Å². The first-order chi connectivity index (χ1) is 21.4. The Morgan fingerprint density at radius 1 is 0.556 bits per heavy atom. The number of ether oxygens (including phenoxy) is 2. The molecular weight excluding hydrogens is 617 g/mol. The molecule has 1 aliphatic rings. The summed E-state index contributed by atoms with van der Waals surface area (Å²) in [5, 5.41) is 2.88. The average molecular weight is 641 g/mol. The lowest BCUT2D eigenvalue weighted by molar-refractivity contribution is 0.452. The van der Waals surface area contributed by atoms with Crippen molar-refractivity contribution < 1.29 is 35.4 Å². The van der Waals surface area contributed by atoms with Crippen molar-refractivity contribution in [3.05, 3.63) is 108 Å². The fourth-order valence-corrected chi connectivity index (χ4v) is 6.98. The van der Waals surface area contributed by atoms with Crippen molar-refractivity contribution >= 4 is 53.2 Å². The Balaban J connectivity index is 1.37. The second kappa shape index (κ2) is 10.2. The summed E-state index contributed by atoms with van der Waals surface area (Å²) >= 11 is 0. The molecule has 0 saturated heterocycles. The van der Waals surface area contributed by atoms with Gasteiger partial charge in [-0.2, -0.15) is 16.8 Å². The third-order valence-corrected chi connectivity index (χ3v) is 9.56. The van der Waals surface area contributed by atoms with Crippen LogP contribution in [0.25, 0.3) is 32.7 Å². The van der Waals surface area contributed by atoms with Crippen molar-refractivity contribution in [2.24, 2.45) is 0 Å². The molecule has 0 saturated carbocycles. The maximum absolute atomic E-state index is 12.6. The molecule has 10 nitrogen and oxygen atoms in total. The van der Waals surface area contributed by atoms with Crippen LogP contribution in [-0.4, -0.2) is 25.9 Å². The molecule has 0 fully saturated rings. The molecule has 0 aromatic heterocycles. The van der Waals surface area contributed by atoms with Crippen molar-refractivity contribution in [2.75, 3.05) is 11.5 Å². The van der Waals surface area contributed by atoms with E-state index in [0.29, 0.717) is 33.0 Å². The third kappa shape index (κ3) is 4.99. The number of fused-ring (bicyclic) bond motifs is 5. The summed E-state index contributed by atoms with van der Waals surface area (Å²) in [6.07, 6.45) is 0.227. The van der Waals surface area contributed by atoms with Gasteiger partial charge in [0.2, 0.25) is 0 Å². The van der Waals surface area contributed by atoms with E-state index in [4.69, 9.17) is 20.9 Å². The van der Waals surface area contributed by atoms with Gasteiger partial charge in [0, 0.05) is 10.8 Å². The molecule has 0 radical (unpaired) electrons. The van der Waals surface area contributed by atoms with Gasteiger partial charge in [0.25, 0.3) is 20.2 Å². The van der Waals surface area contributed by atoms with E-state index in [-0.39, 0.29) is 40.8 Å². The fraction of sp³-hybridized carbons (Fsp3) is 0.0303. The zero-order chi connectivity index (χ0) is 31.7. The molecule has 0 atom stereocenters. The van der Waals surface area contributed by atoms with Crippen molar-refractivity contribution in [1.29, 1.82) is 0 Å². The van der Waals surface area contributed by atoms with Crippen LogP contribution in [0.1, 0.15) is 11.1 Å². The molecule has 226 valence electrons. The van der Waals surface area contributed by atoms with Gasteiger partial charge in [0.1, 0.15) is 21.3 Å². The highest BCUT2D eigenvalue weighted by Gasteiger charge is 2.30. The van der Waals surface area contributed by atoms with Gasteiger partial charge in [-0.3, -0.25) is 9.11 Å². The number of nitrogens with two attached hydrogens (primary N) is 2. The zero-order valence-corrected chi connectivity index (χ0v) is 24.9. The first kappa shape index (κ1) is 28.6. The summed E-state index contributed by atoms with van der Waals surface area (Å²) < 4.78 is 83.0. The number of hydrogen-bond donors (Lipinski definition) is 4. The van der Waals surface area contributed by atoms with E-state index in [1.165, 1.54) is 24.3 Å². The summed E-state index contributed by atoms with van der Waals surface area (Å²) in [6, 6.07) is 26.7. The predicted octanol–water partition coefficient (Wildman–Crippen LogP) is 6.81. The summed E-state index contributed by atoms with van der Waals surface area (Å²) in [4.78, 5) is -1.09. The Morgan fingerprint density at radius 2 is 0.956 bits per heavy atom. The molecule has 0 bridgehead atoms. The molecule has 0 amide bonds. The molecule has 7 rings (SSSR count). The molecule has 45 heavy (non-hydrogen) atoms. The molecule has 0 heterocycles. The zero-order valence-electron chi connectivity index (χ0n) is 23.3. The predicted molar refractivity (Wildman–Crippen MR) is 171 cm³/mol. The van der Waals surface area contributed by atoms with Gasteiger partial charge in [-0.1, -0.05) is 60.7 Å². The summed E-state index contributed by atoms with van der Waals surface area (Å²) in [5.41, 5.74) is 14.8. The molecular formula is C33H24N2O8S2. The minimum absolute atomic E-state index is 0.165. The standard InChI is InChI=1S/C33H24N2O8S2/c34-26-11-9-18-5-1-3-7-22(18)32(26)42-28-14-20-13-21-15-29(43-33-23-8-4-2-6-19(23)10-12-27(33)35)31(45(39,40)41)17-25(21)24(20)16-30(28)44(36,37)38/h1-12,14-17H,13,34-35H2,(H,36,37,38)(H,39,40,41). The van der Waals surface area contributed by atoms with Crippen LogP contribution in [0.2, 0.25) is 0 Å². The number of rotatable bonds is 6. The van der Waals surface area contributed by atoms with Crippen LogP contribution in [0.3, 0.4) is 0 Å². The number of hydrogen-bond acceptors (Lipinski definition) is 8. The van der Waals surface area contributed by atoms with Gasteiger partial charge in [0.15, 0.2) is 11.5 Å². The summed E-state index contributed by atoms with van der Waals surface area (Å²) in [6.45, 7) is 0. The van der Waals surface area contributed by atoms with Crippen LogP contribution in [0.15, 0.2) is 107 Å². The van der Waals surface area contributed by atoms with Crippen molar-refractivity contribution in [2.45, 2.75) is 16.2 Å². The topological polar surface area (TPSA) is 179 Å². The Bertz CT molecular complexity index is 2270. The lowest BCUT2D eigenvalue weighted by atomic mass is 10.0. The lowest BCUT2D eigenvalue weighted by Gasteiger charge is -2.16. The second-order valence-corrected chi connectivity index (χ2v) is 13.4. The number of anilines is 2. The third-order valence-electron chi connectivity index (χ3n) is 7.81. The van der Waals surface area contributed by atoms with Crippen LogP contribution >= 0.6 is 0 Å². The van der Waals surface area contributed by atoms with Crippen molar-refractivity contribution in [3.8, 4) is 34.1 Å². The highest BCUT2D eigenvalue weighted by Crippen LogP contribution is 2.47. The Hall–Kier alpha value is -5.14. The number of benzene rings is 6. The van der Waals surface area contributed by atoms with E-state index >= 15 is 0 Å². The van der Waals surface area contributed by atoms with Gasteiger partial charge >= 0.3 is 0 Å². The quantitative estimate of drug-likeness (QED) is 0.111. The lowest BCUT2D eigenvalue weighted by Crippen LogP contribution is -2.04. The largest absolute Gasteiger partial charge is 0.453 e. The van der Waals surface area contributed by atoms with Gasteiger partial charge in [-0.25, -0.2) is 0 Å². The highest BCUT2D eigenvalue weighted by atomic mass is 32.2.